The second kappa shape index (κ2) is 11.6. The summed E-state index contributed by atoms with van der Waals surface area (Å²) in [5.41, 5.74) is 0.805. The molecular formula is C21H28N2O6S. The van der Waals surface area contributed by atoms with Gasteiger partial charge in [0.1, 0.15) is 0 Å². The Morgan fingerprint density at radius 1 is 1.10 bits per heavy atom. The Kier molecular flexibility index (Phi) is 9.22. The minimum Gasteiger partial charge on any atom is -0.456 e. The number of ether oxygens (including phenoxy) is 2. The van der Waals surface area contributed by atoms with Gasteiger partial charge in [-0.25, -0.2) is 8.42 Å². The van der Waals surface area contributed by atoms with Gasteiger partial charge < -0.3 is 14.4 Å². The maximum atomic E-state index is 12.6. The number of aryl methyl sites for hydroxylation is 1. The van der Waals surface area contributed by atoms with E-state index < -0.39 is 16.0 Å². The Hall–Kier alpha value is -2.49. The summed E-state index contributed by atoms with van der Waals surface area (Å²) in [7, 11) is -3.54. The molecule has 0 atom stereocenters. The van der Waals surface area contributed by atoms with Crippen LogP contribution in [0.25, 0.3) is 0 Å². The number of hydrogen-bond acceptors (Lipinski definition) is 6. The van der Waals surface area contributed by atoms with Crippen LogP contribution in [0.1, 0.15) is 12.0 Å². The fourth-order valence-electron chi connectivity index (χ4n) is 2.91. The lowest BCUT2D eigenvalue weighted by molar-refractivity contribution is -0.151. The minimum absolute atomic E-state index is 0.0890. The quantitative estimate of drug-likeness (QED) is 0.384. The first kappa shape index (κ1) is 23.8. The van der Waals surface area contributed by atoms with Crippen molar-refractivity contribution >= 4 is 21.9 Å². The van der Waals surface area contributed by atoms with Crippen molar-refractivity contribution in [2.24, 2.45) is 0 Å². The molecule has 1 saturated heterocycles. The molecule has 0 saturated carbocycles. The van der Waals surface area contributed by atoms with Crippen LogP contribution in [-0.2, 0) is 35.5 Å². The van der Waals surface area contributed by atoms with Crippen molar-refractivity contribution < 1.29 is 27.5 Å². The molecule has 0 aromatic heterocycles. The Morgan fingerprint density at radius 3 is 2.27 bits per heavy atom. The van der Waals surface area contributed by atoms with Crippen LogP contribution in [0.3, 0.4) is 0 Å². The molecule has 8 nitrogen and oxygen atoms in total. The van der Waals surface area contributed by atoms with Gasteiger partial charge in [-0.3, -0.25) is 9.59 Å². The smallest absolute Gasteiger partial charge is 0.306 e. The van der Waals surface area contributed by atoms with E-state index >= 15 is 0 Å². The van der Waals surface area contributed by atoms with E-state index in [1.54, 1.807) is 24.3 Å². The van der Waals surface area contributed by atoms with Crippen LogP contribution < -0.4 is 0 Å². The van der Waals surface area contributed by atoms with Gasteiger partial charge in [-0.15, -0.1) is 13.2 Å². The topological polar surface area (TPSA) is 93.2 Å². The molecule has 9 heteroatoms. The summed E-state index contributed by atoms with van der Waals surface area (Å²) in [5, 5.41) is 0. The molecule has 1 amide bonds. The van der Waals surface area contributed by atoms with Crippen LogP contribution in [0.5, 0.6) is 0 Å². The fraction of sp³-hybridized carbons (Fsp3) is 0.429. The second-order valence-electron chi connectivity index (χ2n) is 6.70. The lowest BCUT2D eigenvalue weighted by atomic mass is 10.1. The highest BCUT2D eigenvalue weighted by Crippen LogP contribution is 2.18. The number of hydrogen-bond donors (Lipinski definition) is 0. The number of carbonyl (C=O) groups is 2. The summed E-state index contributed by atoms with van der Waals surface area (Å²) in [6.45, 7) is 9.00. The number of sulfonamides is 1. The summed E-state index contributed by atoms with van der Waals surface area (Å²) < 4.78 is 36.9. The van der Waals surface area contributed by atoms with Crippen molar-refractivity contribution in [2.75, 3.05) is 46.0 Å². The van der Waals surface area contributed by atoms with Gasteiger partial charge in [-0.05, 0) is 24.1 Å². The molecule has 0 bridgehead atoms. The van der Waals surface area contributed by atoms with Crippen LogP contribution in [0, 0.1) is 0 Å². The first-order chi connectivity index (χ1) is 14.4. The zero-order valence-corrected chi connectivity index (χ0v) is 17.8. The predicted molar refractivity (Wildman–Crippen MR) is 112 cm³/mol. The predicted octanol–water partition coefficient (Wildman–Crippen LogP) is 1.38. The number of benzene rings is 1. The Labute approximate surface area is 177 Å². The van der Waals surface area contributed by atoms with Gasteiger partial charge in [0.15, 0.2) is 6.61 Å². The molecule has 1 aromatic carbocycles. The van der Waals surface area contributed by atoms with Gasteiger partial charge in [0.25, 0.3) is 5.91 Å². The highest BCUT2D eigenvalue weighted by molar-refractivity contribution is 7.89. The standard InChI is InChI=1S/C21H28N2O6S/c1-3-11-22(12-4-2)20(24)17-29-21(25)10-7-18-5-8-19(9-6-18)30(26,27)23-13-15-28-16-14-23/h3-6,8-9H,1-2,7,10-17H2. The Balaban J connectivity index is 1.83. The van der Waals surface area contributed by atoms with Crippen molar-refractivity contribution in [1.82, 2.24) is 9.21 Å². The number of rotatable bonds is 11. The molecule has 0 aliphatic carbocycles. The second-order valence-corrected chi connectivity index (χ2v) is 8.64. The zero-order chi connectivity index (χ0) is 22.0. The van der Waals surface area contributed by atoms with Crippen molar-refractivity contribution in [3.63, 3.8) is 0 Å². The molecule has 1 aliphatic rings. The fourth-order valence-corrected chi connectivity index (χ4v) is 4.31. The summed E-state index contributed by atoms with van der Waals surface area (Å²) in [6, 6.07) is 6.44. The van der Waals surface area contributed by atoms with E-state index in [1.807, 2.05) is 0 Å². The SMILES string of the molecule is C=CCN(CC=C)C(=O)COC(=O)CCc1ccc(S(=O)(=O)N2CCOCC2)cc1. The summed E-state index contributed by atoms with van der Waals surface area (Å²) in [6.07, 6.45) is 3.65. The maximum absolute atomic E-state index is 12.6. The molecule has 30 heavy (non-hydrogen) atoms. The van der Waals surface area contributed by atoms with E-state index in [2.05, 4.69) is 13.2 Å². The largest absolute Gasteiger partial charge is 0.456 e. The number of amides is 1. The lowest BCUT2D eigenvalue weighted by Gasteiger charge is -2.26. The minimum atomic E-state index is -3.54. The van der Waals surface area contributed by atoms with Crippen molar-refractivity contribution in [1.29, 1.82) is 0 Å². The molecule has 0 radical (unpaired) electrons. The van der Waals surface area contributed by atoms with Gasteiger partial charge >= 0.3 is 5.97 Å². The third-order valence-electron chi connectivity index (χ3n) is 4.56. The Morgan fingerprint density at radius 2 is 1.70 bits per heavy atom. The number of morpholine rings is 1. The highest BCUT2D eigenvalue weighted by atomic mass is 32.2. The highest BCUT2D eigenvalue weighted by Gasteiger charge is 2.26. The van der Waals surface area contributed by atoms with Gasteiger partial charge in [-0.2, -0.15) is 4.31 Å². The molecular weight excluding hydrogens is 408 g/mol. The van der Waals surface area contributed by atoms with Gasteiger partial charge in [0.05, 0.1) is 18.1 Å². The third-order valence-corrected chi connectivity index (χ3v) is 6.47. The first-order valence-electron chi connectivity index (χ1n) is 9.70. The molecule has 1 heterocycles. The van der Waals surface area contributed by atoms with Crippen molar-refractivity contribution in [3.05, 3.63) is 55.1 Å². The van der Waals surface area contributed by atoms with Gasteiger partial charge in [0.2, 0.25) is 10.0 Å². The molecule has 1 aromatic rings. The van der Waals surface area contributed by atoms with Crippen LogP contribution in [-0.4, -0.2) is 75.5 Å². The first-order valence-corrected chi connectivity index (χ1v) is 11.1. The lowest BCUT2D eigenvalue weighted by Crippen LogP contribution is -2.40. The molecule has 164 valence electrons. The zero-order valence-electron chi connectivity index (χ0n) is 17.0. The Bertz CT molecular complexity index is 835. The average molecular weight is 437 g/mol. The van der Waals surface area contributed by atoms with Crippen LogP contribution in [0.15, 0.2) is 54.5 Å². The third kappa shape index (κ3) is 6.79. The molecule has 0 spiro atoms. The van der Waals surface area contributed by atoms with E-state index in [9.17, 15) is 18.0 Å². The summed E-state index contributed by atoms with van der Waals surface area (Å²) in [4.78, 5) is 25.7. The number of carbonyl (C=O) groups excluding carboxylic acids is 2. The molecule has 1 aliphatic heterocycles. The summed E-state index contributed by atoms with van der Waals surface area (Å²) in [5.74, 6) is -0.814. The van der Waals surface area contributed by atoms with E-state index in [4.69, 9.17) is 9.47 Å². The van der Waals surface area contributed by atoms with Crippen molar-refractivity contribution in [2.45, 2.75) is 17.7 Å². The van der Waals surface area contributed by atoms with E-state index in [-0.39, 0.29) is 23.8 Å². The monoisotopic (exact) mass is 436 g/mol. The van der Waals surface area contributed by atoms with E-state index in [0.29, 0.717) is 45.8 Å². The van der Waals surface area contributed by atoms with Crippen LogP contribution >= 0.6 is 0 Å². The maximum Gasteiger partial charge on any atom is 0.306 e. The number of esters is 1. The van der Waals surface area contributed by atoms with Crippen LogP contribution in [0.2, 0.25) is 0 Å². The number of nitrogens with zero attached hydrogens (tertiary/aromatic N) is 2. The van der Waals surface area contributed by atoms with Crippen molar-refractivity contribution in [3.8, 4) is 0 Å². The normalized spacial score (nSPS) is 14.7. The molecule has 0 N–H and O–H groups in total. The average Bonchev–Trinajstić information content (AvgIpc) is 2.76. The van der Waals surface area contributed by atoms with Crippen LogP contribution in [0.4, 0.5) is 0 Å². The van der Waals surface area contributed by atoms with E-state index in [0.717, 1.165) is 5.56 Å². The van der Waals surface area contributed by atoms with Gasteiger partial charge in [0, 0.05) is 32.6 Å². The molecule has 1 fully saturated rings. The molecule has 0 unspecified atom stereocenters. The van der Waals surface area contributed by atoms with Gasteiger partial charge in [-0.1, -0.05) is 24.3 Å². The molecule has 2 rings (SSSR count). The van der Waals surface area contributed by atoms with E-state index in [1.165, 1.54) is 21.3 Å². The summed E-state index contributed by atoms with van der Waals surface area (Å²) >= 11 is 0.